The van der Waals surface area contributed by atoms with Crippen LogP contribution in [-0.2, 0) is 0 Å². The Balaban J connectivity index is 2.27. The van der Waals surface area contributed by atoms with Gasteiger partial charge >= 0.3 is 0 Å². The first-order valence-electron chi connectivity index (χ1n) is 4.26. The lowest BCUT2D eigenvalue weighted by Gasteiger charge is -1.88. The van der Waals surface area contributed by atoms with Gasteiger partial charge in [0.25, 0.3) is 0 Å². The molecule has 0 spiro atoms. The molecule has 4 nitrogen and oxygen atoms in total. The van der Waals surface area contributed by atoms with Crippen LogP contribution in [0.25, 0.3) is 22.6 Å². The van der Waals surface area contributed by atoms with E-state index in [-0.39, 0.29) is 0 Å². The maximum atomic E-state index is 6.02. The van der Waals surface area contributed by atoms with Crippen LogP contribution in [0.2, 0.25) is 5.02 Å². The van der Waals surface area contributed by atoms with Gasteiger partial charge in [0.2, 0.25) is 0 Å². The molecule has 3 aromatic rings. The summed E-state index contributed by atoms with van der Waals surface area (Å²) < 4.78 is 3.79. The van der Waals surface area contributed by atoms with Crippen molar-refractivity contribution < 1.29 is 0 Å². The van der Waals surface area contributed by atoms with Gasteiger partial charge in [-0.05, 0) is 23.7 Å². The first kappa shape index (κ1) is 8.82. The fourth-order valence-electron chi connectivity index (χ4n) is 1.39. The van der Waals surface area contributed by atoms with Crippen molar-refractivity contribution in [2.24, 2.45) is 0 Å². The maximum Gasteiger partial charge on any atom is 0.160 e. The first-order valence-corrected chi connectivity index (χ1v) is 5.48. The summed E-state index contributed by atoms with van der Waals surface area (Å²) in [7, 11) is 0. The van der Waals surface area contributed by atoms with E-state index in [9.17, 15) is 0 Å². The van der Waals surface area contributed by atoms with Crippen molar-refractivity contribution in [3.8, 4) is 11.5 Å². The van der Waals surface area contributed by atoms with Gasteiger partial charge in [-0.25, -0.2) is 4.98 Å². The highest BCUT2D eigenvalue weighted by molar-refractivity contribution is 7.03. The zero-order valence-corrected chi connectivity index (χ0v) is 9.01. The second-order valence-corrected chi connectivity index (χ2v) is 4.03. The van der Waals surface area contributed by atoms with Crippen molar-refractivity contribution in [1.29, 1.82) is 0 Å². The van der Waals surface area contributed by atoms with Gasteiger partial charge in [-0.2, -0.15) is 0 Å². The molecule has 1 aromatic carbocycles. The van der Waals surface area contributed by atoms with Crippen molar-refractivity contribution in [2.75, 3.05) is 0 Å². The van der Waals surface area contributed by atoms with Crippen LogP contribution in [0, 0.1) is 0 Å². The number of H-pyrrole nitrogens is 1. The Hall–Kier alpha value is -1.46. The van der Waals surface area contributed by atoms with Crippen LogP contribution in [0.5, 0.6) is 0 Å². The van der Waals surface area contributed by atoms with Crippen LogP contribution >= 0.6 is 23.1 Å². The standard InChI is InChI=1S/C9H5ClN4S/c10-5-2-1-3-6-8(5)12-9(11-6)7-4-15-14-13-7/h1-4H,(H,11,12). The number of halogens is 1. The van der Waals surface area contributed by atoms with Crippen molar-refractivity contribution in [3.63, 3.8) is 0 Å². The molecule has 0 aliphatic carbocycles. The monoisotopic (exact) mass is 236 g/mol. The number of para-hydroxylation sites is 1. The number of aromatic amines is 1. The molecule has 3 rings (SSSR count). The fraction of sp³-hybridized carbons (Fsp3) is 0. The van der Waals surface area contributed by atoms with Crippen LogP contribution in [0.4, 0.5) is 0 Å². The van der Waals surface area contributed by atoms with E-state index in [1.54, 1.807) is 0 Å². The normalized spacial score (nSPS) is 11.0. The predicted octanol–water partition coefficient (Wildman–Crippen LogP) is 2.73. The number of aromatic nitrogens is 4. The van der Waals surface area contributed by atoms with Gasteiger partial charge in [0, 0.05) is 5.38 Å². The van der Waals surface area contributed by atoms with E-state index >= 15 is 0 Å². The second kappa shape index (κ2) is 3.29. The minimum atomic E-state index is 0.637. The van der Waals surface area contributed by atoms with Crippen LogP contribution in [0.1, 0.15) is 0 Å². The minimum absolute atomic E-state index is 0.637. The molecule has 2 aromatic heterocycles. The summed E-state index contributed by atoms with van der Waals surface area (Å²) in [6.45, 7) is 0. The smallest absolute Gasteiger partial charge is 0.160 e. The lowest BCUT2D eigenvalue weighted by atomic mass is 10.3. The molecular weight excluding hydrogens is 232 g/mol. The van der Waals surface area contributed by atoms with E-state index in [1.807, 2.05) is 23.6 Å². The Kier molecular flexibility index (Phi) is 1.93. The molecule has 0 saturated carbocycles. The van der Waals surface area contributed by atoms with Crippen molar-refractivity contribution >= 4 is 34.2 Å². The molecule has 6 heteroatoms. The van der Waals surface area contributed by atoms with Gasteiger partial charge in [-0.1, -0.05) is 22.2 Å². The molecule has 1 N–H and O–H groups in total. The molecule has 0 atom stereocenters. The summed E-state index contributed by atoms with van der Waals surface area (Å²) in [6, 6.07) is 5.62. The molecule has 0 aliphatic heterocycles. The number of benzene rings is 1. The zero-order chi connectivity index (χ0) is 10.3. The van der Waals surface area contributed by atoms with Crippen LogP contribution in [-0.4, -0.2) is 19.6 Å². The molecular formula is C9H5ClN4S. The van der Waals surface area contributed by atoms with Gasteiger partial charge < -0.3 is 4.98 Å². The largest absolute Gasteiger partial charge is 0.337 e. The average Bonchev–Trinajstić information content (AvgIpc) is 2.86. The van der Waals surface area contributed by atoms with Gasteiger partial charge in [0.15, 0.2) is 5.82 Å². The number of hydrogen-bond donors (Lipinski definition) is 1. The van der Waals surface area contributed by atoms with Crippen LogP contribution < -0.4 is 0 Å². The summed E-state index contributed by atoms with van der Waals surface area (Å²) in [5, 5.41) is 6.42. The lowest BCUT2D eigenvalue weighted by molar-refractivity contribution is 1.13. The highest BCUT2D eigenvalue weighted by Gasteiger charge is 2.09. The molecule has 0 aliphatic rings. The highest BCUT2D eigenvalue weighted by Crippen LogP contribution is 2.24. The maximum absolute atomic E-state index is 6.02. The third kappa shape index (κ3) is 1.40. The fourth-order valence-corrected chi connectivity index (χ4v) is 2.04. The van der Waals surface area contributed by atoms with E-state index in [0.717, 1.165) is 16.7 Å². The Morgan fingerprint density at radius 3 is 3.00 bits per heavy atom. The number of nitrogens with one attached hydrogen (secondary N) is 1. The summed E-state index contributed by atoms with van der Waals surface area (Å²) in [5.41, 5.74) is 2.42. The molecule has 0 fully saturated rings. The number of fused-ring (bicyclic) bond motifs is 1. The van der Waals surface area contributed by atoms with E-state index in [2.05, 4.69) is 19.6 Å². The van der Waals surface area contributed by atoms with E-state index in [0.29, 0.717) is 10.8 Å². The van der Waals surface area contributed by atoms with Gasteiger partial charge in [0.05, 0.1) is 10.5 Å². The number of imidazole rings is 1. The van der Waals surface area contributed by atoms with E-state index in [4.69, 9.17) is 11.6 Å². The minimum Gasteiger partial charge on any atom is -0.337 e. The molecule has 0 bridgehead atoms. The quantitative estimate of drug-likeness (QED) is 0.707. The van der Waals surface area contributed by atoms with Crippen molar-refractivity contribution in [3.05, 3.63) is 28.6 Å². The molecule has 0 saturated heterocycles. The van der Waals surface area contributed by atoms with Crippen LogP contribution in [0.15, 0.2) is 23.6 Å². The Morgan fingerprint density at radius 2 is 2.27 bits per heavy atom. The summed E-state index contributed by atoms with van der Waals surface area (Å²) in [4.78, 5) is 7.52. The molecule has 2 heterocycles. The zero-order valence-electron chi connectivity index (χ0n) is 7.44. The third-order valence-corrected chi connectivity index (χ3v) is 2.88. The third-order valence-electron chi connectivity index (χ3n) is 2.07. The SMILES string of the molecule is Clc1cccc2[nH]c(-c3csnn3)nc12. The molecule has 0 unspecified atom stereocenters. The molecule has 74 valence electrons. The number of hydrogen-bond acceptors (Lipinski definition) is 4. The summed E-state index contributed by atoms with van der Waals surface area (Å²) in [5.74, 6) is 0.701. The molecule has 0 radical (unpaired) electrons. The summed E-state index contributed by atoms with van der Waals surface area (Å²) >= 11 is 7.31. The molecule has 0 amide bonds. The Morgan fingerprint density at radius 1 is 1.33 bits per heavy atom. The van der Waals surface area contributed by atoms with Gasteiger partial charge in [0.1, 0.15) is 11.2 Å². The number of rotatable bonds is 1. The topological polar surface area (TPSA) is 54.5 Å². The van der Waals surface area contributed by atoms with E-state index < -0.39 is 0 Å². The Labute approximate surface area is 94.1 Å². The van der Waals surface area contributed by atoms with Gasteiger partial charge in [-0.3, -0.25) is 0 Å². The highest BCUT2D eigenvalue weighted by atomic mass is 35.5. The Bertz CT molecular complexity index is 602. The second-order valence-electron chi connectivity index (χ2n) is 3.01. The van der Waals surface area contributed by atoms with Crippen molar-refractivity contribution in [2.45, 2.75) is 0 Å². The lowest BCUT2D eigenvalue weighted by Crippen LogP contribution is -1.79. The van der Waals surface area contributed by atoms with Crippen LogP contribution in [0.3, 0.4) is 0 Å². The number of nitrogens with zero attached hydrogens (tertiary/aromatic N) is 3. The first-order chi connectivity index (χ1) is 7.34. The molecule has 15 heavy (non-hydrogen) atoms. The van der Waals surface area contributed by atoms with Gasteiger partial charge in [-0.15, -0.1) is 5.10 Å². The summed E-state index contributed by atoms with van der Waals surface area (Å²) in [6.07, 6.45) is 0. The van der Waals surface area contributed by atoms with E-state index in [1.165, 1.54) is 11.5 Å². The average molecular weight is 237 g/mol. The predicted molar refractivity (Wildman–Crippen MR) is 60.0 cm³/mol. The van der Waals surface area contributed by atoms with Crippen molar-refractivity contribution in [1.82, 2.24) is 19.6 Å².